The Kier molecular flexibility index (Phi) is 9.79. The quantitative estimate of drug-likeness (QED) is 0.430. The molecule has 0 saturated carbocycles. The Morgan fingerprint density at radius 2 is 1.89 bits per heavy atom. The molecule has 2 heterocycles. The van der Waals surface area contributed by atoms with Gasteiger partial charge in [-0.25, -0.2) is 0 Å². The lowest BCUT2D eigenvalue weighted by Crippen LogP contribution is -2.51. The molecule has 2 N–H and O–H groups in total. The third-order valence-corrected chi connectivity index (χ3v) is 7.50. The van der Waals surface area contributed by atoms with Crippen LogP contribution in [0.15, 0.2) is 54.5 Å². The minimum Gasteiger partial charge on any atom is -0.374 e. The van der Waals surface area contributed by atoms with Gasteiger partial charge in [0, 0.05) is 73.8 Å². The first-order valence-electron chi connectivity index (χ1n) is 12.9. The standard InChI is InChI=1S/C28H37Cl2N5O/c1-22-19-34(16-12-31-22)28(20-33-13-3-2-4-14-33)32-18-23-5-9-26(10-6-23)35(21-36)15-11-24-7-8-25(29)17-27(24)30/h5-10,17,20-22,31-32H,2-4,11-16,18-19H2,1H3/b28-20+/t22-/m0/s1. The number of nitrogens with one attached hydrogen (secondary N) is 2. The highest BCUT2D eigenvalue weighted by molar-refractivity contribution is 6.35. The van der Waals surface area contributed by atoms with Crippen LogP contribution in [0.25, 0.3) is 0 Å². The minimum atomic E-state index is 0.474. The Morgan fingerprint density at radius 1 is 1.11 bits per heavy atom. The van der Waals surface area contributed by atoms with Crippen molar-refractivity contribution in [2.75, 3.05) is 44.2 Å². The van der Waals surface area contributed by atoms with Gasteiger partial charge in [0.2, 0.25) is 6.41 Å². The molecule has 4 rings (SSSR count). The zero-order valence-corrected chi connectivity index (χ0v) is 22.6. The van der Waals surface area contributed by atoms with Crippen LogP contribution in [0, 0.1) is 0 Å². The minimum absolute atomic E-state index is 0.474. The van der Waals surface area contributed by atoms with E-state index in [1.54, 1.807) is 11.0 Å². The van der Waals surface area contributed by atoms with Crippen molar-refractivity contribution < 1.29 is 4.79 Å². The van der Waals surface area contributed by atoms with E-state index in [1.165, 1.54) is 30.6 Å². The molecule has 2 fully saturated rings. The summed E-state index contributed by atoms with van der Waals surface area (Å²) in [5, 5.41) is 8.48. The van der Waals surface area contributed by atoms with Crippen molar-refractivity contribution in [1.82, 2.24) is 20.4 Å². The summed E-state index contributed by atoms with van der Waals surface area (Å²) in [6.45, 7) is 8.78. The van der Waals surface area contributed by atoms with E-state index in [2.05, 4.69) is 45.7 Å². The second-order valence-electron chi connectivity index (χ2n) is 9.72. The monoisotopic (exact) mass is 529 g/mol. The Hall–Kier alpha value is -2.41. The summed E-state index contributed by atoms with van der Waals surface area (Å²) in [5.74, 6) is 1.20. The summed E-state index contributed by atoms with van der Waals surface area (Å²) >= 11 is 12.3. The van der Waals surface area contributed by atoms with Crippen LogP contribution in [0.3, 0.4) is 0 Å². The van der Waals surface area contributed by atoms with Crippen LogP contribution in [0.4, 0.5) is 5.69 Å². The SMILES string of the molecule is C[C@H]1CN(/C(=C/N2CCCCC2)NCc2ccc(N(C=O)CCc3ccc(Cl)cc3Cl)cc2)CCN1. The first-order chi connectivity index (χ1) is 17.5. The maximum atomic E-state index is 11.8. The molecule has 0 bridgehead atoms. The van der Waals surface area contributed by atoms with Gasteiger partial charge in [-0.1, -0.05) is 41.4 Å². The second kappa shape index (κ2) is 13.2. The topological polar surface area (TPSA) is 50.9 Å². The van der Waals surface area contributed by atoms with Gasteiger partial charge in [-0.05, 0) is 68.0 Å². The van der Waals surface area contributed by atoms with E-state index >= 15 is 0 Å². The van der Waals surface area contributed by atoms with Crippen LogP contribution in [-0.4, -0.2) is 61.5 Å². The van der Waals surface area contributed by atoms with E-state index < -0.39 is 0 Å². The Balaban J connectivity index is 1.37. The first kappa shape index (κ1) is 26.6. The van der Waals surface area contributed by atoms with Crippen molar-refractivity contribution in [2.24, 2.45) is 0 Å². The van der Waals surface area contributed by atoms with E-state index in [0.717, 1.165) is 56.9 Å². The molecule has 0 radical (unpaired) electrons. The molecule has 2 aromatic carbocycles. The summed E-state index contributed by atoms with van der Waals surface area (Å²) in [6.07, 6.45) is 7.71. The number of piperazine rings is 1. The summed E-state index contributed by atoms with van der Waals surface area (Å²) in [6, 6.07) is 14.1. The number of hydrogen-bond acceptors (Lipinski definition) is 5. The van der Waals surface area contributed by atoms with Crippen LogP contribution in [0.2, 0.25) is 10.0 Å². The third-order valence-electron chi connectivity index (χ3n) is 6.91. The van der Waals surface area contributed by atoms with Crippen LogP contribution in [0.5, 0.6) is 0 Å². The highest BCUT2D eigenvalue weighted by Gasteiger charge is 2.19. The molecule has 0 aliphatic carbocycles. The first-order valence-corrected chi connectivity index (χ1v) is 13.7. The molecule has 2 aliphatic heterocycles. The van der Waals surface area contributed by atoms with Crippen molar-refractivity contribution in [1.29, 1.82) is 0 Å². The third kappa shape index (κ3) is 7.55. The van der Waals surface area contributed by atoms with Gasteiger partial charge in [0.15, 0.2) is 0 Å². The highest BCUT2D eigenvalue weighted by atomic mass is 35.5. The summed E-state index contributed by atoms with van der Waals surface area (Å²) in [4.78, 5) is 18.4. The highest BCUT2D eigenvalue weighted by Crippen LogP contribution is 2.23. The van der Waals surface area contributed by atoms with Crippen molar-refractivity contribution in [3.05, 3.63) is 75.7 Å². The molecule has 194 valence electrons. The molecular weight excluding hydrogens is 493 g/mol. The van der Waals surface area contributed by atoms with E-state index in [1.807, 2.05) is 24.3 Å². The molecule has 0 spiro atoms. The normalized spacial score (nSPS) is 18.8. The summed E-state index contributed by atoms with van der Waals surface area (Å²) in [7, 11) is 0. The van der Waals surface area contributed by atoms with E-state index in [9.17, 15) is 4.79 Å². The number of benzene rings is 2. The summed E-state index contributed by atoms with van der Waals surface area (Å²) < 4.78 is 0. The van der Waals surface area contributed by atoms with Crippen LogP contribution in [-0.2, 0) is 17.8 Å². The van der Waals surface area contributed by atoms with Crippen molar-refractivity contribution >= 4 is 35.3 Å². The van der Waals surface area contributed by atoms with Crippen LogP contribution in [0.1, 0.15) is 37.3 Å². The van der Waals surface area contributed by atoms with Gasteiger partial charge < -0.3 is 25.3 Å². The predicted molar refractivity (Wildman–Crippen MR) is 149 cm³/mol. The van der Waals surface area contributed by atoms with E-state index in [-0.39, 0.29) is 0 Å². The number of likely N-dealkylation sites (tertiary alicyclic amines) is 1. The average Bonchev–Trinajstić information content (AvgIpc) is 2.89. The predicted octanol–water partition coefficient (Wildman–Crippen LogP) is 4.87. The van der Waals surface area contributed by atoms with Crippen molar-refractivity contribution in [2.45, 2.75) is 45.2 Å². The molecule has 2 aromatic rings. The Labute approximate surface area is 225 Å². The van der Waals surface area contributed by atoms with Crippen LogP contribution >= 0.6 is 23.2 Å². The van der Waals surface area contributed by atoms with Gasteiger partial charge >= 0.3 is 0 Å². The molecule has 36 heavy (non-hydrogen) atoms. The zero-order valence-electron chi connectivity index (χ0n) is 21.1. The second-order valence-corrected chi connectivity index (χ2v) is 10.6. The molecule has 2 aliphatic rings. The zero-order chi connectivity index (χ0) is 25.3. The van der Waals surface area contributed by atoms with Crippen molar-refractivity contribution in [3.8, 4) is 0 Å². The smallest absolute Gasteiger partial charge is 0.214 e. The number of nitrogens with zero attached hydrogens (tertiary/aromatic N) is 3. The average molecular weight is 531 g/mol. The number of carbonyl (C=O) groups excluding carboxylic acids is 1. The maximum Gasteiger partial charge on any atom is 0.214 e. The maximum absolute atomic E-state index is 11.8. The fraction of sp³-hybridized carbons (Fsp3) is 0.464. The van der Waals surface area contributed by atoms with Crippen LogP contribution < -0.4 is 15.5 Å². The molecule has 1 atom stereocenters. The lowest BCUT2D eigenvalue weighted by molar-refractivity contribution is -0.107. The number of hydrogen-bond donors (Lipinski definition) is 2. The fourth-order valence-electron chi connectivity index (χ4n) is 4.82. The Bertz CT molecular complexity index is 1020. The number of piperidine rings is 1. The van der Waals surface area contributed by atoms with Crippen molar-refractivity contribution in [3.63, 3.8) is 0 Å². The van der Waals surface area contributed by atoms with Gasteiger partial charge in [-0.2, -0.15) is 0 Å². The van der Waals surface area contributed by atoms with Gasteiger partial charge in [0.25, 0.3) is 0 Å². The molecule has 0 aromatic heterocycles. The molecule has 1 amide bonds. The lowest BCUT2D eigenvalue weighted by atomic mass is 10.1. The Morgan fingerprint density at radius 3 is 2.58 bits per heavy atom. The van der Waals surface area contributed by atoms with Gasteiger partial charge in [-0.15, -0.1) is 0 Å². The largest absolute Gasteiger partial charge is 0.374 e. The van der Waals surface area contributed by atoms with Gasteiger partial charge in [0.1, 0.15) is 5.82 Å². The number of amides is 1. The number of carbonyl (C=O) groups is 1. The lowest BCUT2D eigenvalue weighted by Gasteiger charge is -2.37. The molecule has 8 heteroatoms. The summed E-state index contributed by atoms with van der Waals surface area (Å²) in [5.41, 5.74) is 3.03. The van der Waals surface area contributed by atoms with E-state index in [0.29, 0.717) is 29.1 Å². The number of anilines is 1. The number of rotatable bonds is 10. The fourth-order valence-corrected chi connectivity index (χ4v) is 5.32. The molecular formula is C28H37Cl2N5O. The molecule has 2 saturated heterocycles. The van der Waals surface area contributed by atoms with E-state index in [4.69, 9.17) is 23.2 Å². The molecule has 0 unspecified atom stereocenters. The molecule has 6 nitrogen and oxygen atoms in total. The van der Waals surface area contributed by atoms with Gasteiger partial charge in [-0.3, -0.25) is 4.79 Å². The number of halogens is 2. The van der Waals surface area contributed by atoms with Gasteiger partial charge in [0.05, 0.1) is 0 Å².